The van der Waals surface area contributed by atoms with Crippen LogP contribution in [0.15, 0.2) is 51.7 Å². The predicted molar refractivity (Wildman–Crippen MR) is 82.3 cm³/mol. The van der Waals surface area contributed by atoms with Crippen molar-refractivity contribution < 1.29 is 13.6 Å². The van der Waals surface area contributed by atoms with Crippen LogP contribution in [0.4, 0.5) is 0 Å². The van der Waals surface area contributed by atoms with E-state index in [2.05, 4.69) is 11.0 Å². The number of fused-ring (bicyclic) bond motifs is 1. The third-order valence-electron chi connectivity index (χ3n) is 4.98. The van der Waals surface area contributed by atoms with Gasteiger partial charge in [0.15, 0.2) is 0 Å². The van der Waals surface area contributed by atoms with Crippen molar-refractivity contribution in [3.8, 4) is 0 Å². The van der Waals surface area contributed by atoms with E-state index in [4.69, 9.17) is 8.83 Å². The Hall–Kier alpha value is -2.07. The van der Waals surface area contributed by atoms with Crippen LogP contribution in [0.1, 0.15) is 30.3 Å². The highest BCUT2D eigenvalue weighted by molar-refractivity contribution is 5.60. The monoisotopic (exact) mass is 297 g/mol. The normalized spacial score (nSPS) is 31.8. The fraction of sp³-hybridized carbons (Fsp3) is 0.389. The largest absolute Gasteiger partial charge is 0.469 e. The Balaban J connectivity index is 1.70. The van der Waals surface area contributed by atoms with Gasteiger partial charge >= 0.3 is 0 Å². The standard InChI is InChI=1S/C18H19NO3/c20-12-14-15-5-1-9-19(15)16(8-7-13-4-2-10-21-13)18(14)17-6-3-11-22-17/h2-4,6-8,10-12,14-16,18H,1,5,9H2/b8-7+/t14-,15-,16-,18+/m1/s1. The molecule has 0 bridgehead atoms. The lowest BCUT2D eigenvalue weighted by Crippen LogP contribution is -2.32. The Morgan fingerprint density at radius 1 is 1.18 bits per heavy atom. The molecule has 0 aliphatic carbocycles. The molecule has 0 radical (unpaired) electrons. The quantitative estimate of drug-likeness (QED) is 0.812. The second kappa shape index (κ2) is 5.61. The third kappa shape index (κ3) is 2.15. The lowest BCUT2D eigenvalue weighted by Gasteiger charge is -2.23. The minimum Gasteiger partial charge on any atom is -0.469 e. The first-order valence-electron chi connectivity index (χ1n) is 7.84. The van der Waals surface area contributed by atoms with Gasteiger partial charge in [0.25, 0.3) is 0 Å². The van der Waals surface area contributed by atoms with E-state index in [0.29, 0.717) is 6.04 Å². The topological polar surface area (TPSA) is 46.6 Å². The van der Waals surface area contributed by atoms with E-state index in [1.54, 1.807) is 12.5 Å². The highest BCUT2D eigenvalue weighted by Crippen LogP contribution is 2.46. The lowest BCUT2D eigenvalue weighted by atomic mass is 9.84. The van der Waals surface area contributed by atoms with Gasteiger partial charge in [-0.3, -0.25) is 4.90 Å². The molecule has 2 aliphatic rings. The maximum Gasteiger partial charge on any atom is 0.126 e. The molecule has 2 aliphatic heterocycles. The molecular weight excluding hydrogens is 278 g/mol. The van der Waals surface area contributed by atoms with Crippen LogP contribution in [0.2, 0.25) is 0 Å². The van der Waals surface area contributed by atoms with Crippen LogP contribution in [0, 0.1) is 5.92 Å². The predicted octanol–water partition coefficient (Wildman–Crippen LogP) is 3.33. The molecule has 4 nitrogen and oxygen atoms in total. The Labute approximate surface area is 129 Å². The summed E-state index contributed by atoms with van der Waals surface area (Å²) in [5.74, 6) is 1.83. The summed E-state index contributed by atoms with van der Waals surface area (Å²) in [6.07, 6.45) is 10.9. The summed E-state index contributed by atoms with van der Waals surface area (Å²) in [7, 11) is 0. The van der Waals surface area contributed by atoms with Crippen molar-refractivity contribution in [3.63, 3.8) is 0 Å². The van der Waals surface area contributed by atoms with Gasteiger partial charge in [0.05, 0.1) is 12.5 Å². The molecular formula is C18H19NO3. The molecule has 4 atom stereocenters. The maximum atomic E-state index is 11.7. The van der Waals surface area contributed by atoms with E-state index in [1.807, 2.05) is 30.3 Å². The van der Waals surface area contributed by atoms with Gasteiger partial charge in [-0.1, -0.05) is 6.08 Å². The molecule has 4 heteroatoms. The fourth-order valence-electron chi connectivity index (χ4n) is 4.10. The van der Waals surface area contributed by atoms with Crippen LogP contribution in [0.3, 0.4) is 0 Å². The SMILES string of the molecule is O=C[C@H]1[C@H](c2ccco2)[C@@H](/C=C/c2ccco2)N2CCC[C@H]12. The van der Waals surface area contributed by atoms with Crippen molar-refractivity contribution in [2.75, 3.05) is 6.54 Å². The van der Waals surface area contributed by atoms with Crippen molar-refractivity contribution in [2.24, 2.45) is 5.92 Å². The second-order valence-corrected chi connectivity index (χ2v) is 6.07. The van der Waals surface area contributed by atoms with Crippen LogP contribution in [0.25, 0.3) is 6.08 Å². The average Bonchev–Trinajstić information content (AvgIpc) is 3.28. The molecule has 4 heterocycles. The lowest BCUT2D eigenvalue weighted by molar-refractivity contribution is -0.112. The Morgan fingerprint density at radius 2 is 2.05 bits per heavy atom. The van der Waals surface area contributed by atoms with Gasteiger partial charge in [0.2, 0.25) is 0 Å². The first-order chi connectivity index (χ1) is 10.9. The summed E-state index contributed by atoms with van der Waals surface area (Å²) in [6, 6.07) is 8.21. The Bertz CT molecular complexity index is 644. The summed E-state index contributed by atoms with van der Waals surface area (Å²) < 4.78 is 11.0. The second-order valence-electron chi connectivity index (χ2n) is 6.07. The van der Waals surface area contributed by atoms with Crippen molar-refractivity contribution in [1.82, 2.24) is 4.90 Å². The summed E-state index contributed by atoms with van der Waals surface area (Å²) in [6.45, 7) is 1.04. The van der Waals surface area contributed by atoms with E-state index in [0.717, 1.165) is 37.2 Å². The van der Waals surface area contributed by atoms with E-state index >= 15 is 0 Å². The van der Waals surface area contributed by atoms with E-state index in [1.165, 1.54) is 0 Å². The maximum absolute atomic E-state index is 11.7. The molecule has 0 spiro atoms. The number of furan rings is 2. The van der Waals surface area contributed by atoms with Crippen LogP contribution < -0.4 is 0 Å². The summed E-state index contributed by atoms with van der Waals surface area (Å²) >= 11 is 0. The molecule has 2 aromatic heterocycles. The smallest absolute Gasteiger partial charge is 0.126 e. The van der Waals surface area contributed by atoms with Crippen molar-refractivity contribution >= 4 is 12.4 Å². The fourth-order valence-corrected chi connectivity index (χ4v) is 4.10. The van der Waals surface area contributed by atoms with Crippen LogP contribution in [-0.2, 0) is 4.79 Å². The molecule has 2 fully saturated rings. The highest BCUT2D eigenvalue weighted by Gasteiger charge is 2.51. The average molecular weight is 297 g/mol. The molecule has 0 saturated carbocycles. The van der Waals surface area contributed by atoms with Gasteiger partial charge in [0, 0.05) is 23.9 Å². The van der Waals surface area contributed by atoms with Crippen molar-refractivity contribution in [2.45, 2.75) is 30.8 Å². The number of aldehydes is 1. The number of nitrogens with zero attached hydrogens (tertiary/aromatic N) is 1. The molecule has 4 rings (SSSR count). The molecule has 2 aromatic rings. The van der Waals surface area contributed by atoms with Gasteiger partial charge in [-0.15, -0.1) is 0 Å². The van der Waals surface area contributed by atoms with E-state index in [9.17, 15) is 4.79 Å². The minimum atomic E-state index is -0.0000916. The van der Waals surface area contributed by atoms with E-state index < -0.39 is 0 Å². The van der Waals surface area contributed by atoms with Crippen LogP contribution in [0.5, 0.6) is 0 Å². The van der Waals surface area contributed by atoms with Crippen molar-refractivity contribution in [1.29, 1.82) is 0 Å². The molecule has 22 heavy (non-hydrogen) atoms. The van der Waals surface area contributed by atoms with Crippen LogP contribution in [-0.4, -0.2) is 29.8 Å². The van der Waals surface area contributed by atoms with Gasteiger partial charge < -0.3 is 13.6 Å². The molecule has 0 amide bonds. The number of rotatable bonds is 4. The summed E-state index contributed by atoms with van der Waals surface area (Å²) in [4.78, 5) is 14.2. The number of carbonyl (C=O) groups excluding carboxylic acids is 1. The Morgan fingerprint density at radius 3 is 2.77 bits per heavy atom. The number of hydrogen-bond donors (Lipinski definition) is 0. The first kappa shape index (κ1) is 13.6. The van der Waals surface area contributed by atoms with Crippen LogP contribution >= 0.6 is 0 Å². The zero-order chi connectivity index (χ0) is 14.9. The molecule has 0 unspecified atom stereocenters. The third-order valence-corrected chi connectivity index (χ3v) is 4.98. The number of carbonyl (C=O) groups is 1. The van der Waals surface area contributed by atoms with Gasteiger partial charge in [-0.25, -0.2) is 0 Å². The Kier molecular flexibility index (Phi) is 3.47. The van der Waals surface area contributed by atoms with Crippen molar-refractivity contribution in [3.05, 3.63) is 54.4 Å². The summed E-state index contributed by atoms with van der Waals surface area (Å²) in [5, 5.41) is 0. The molecule has 0 aromatic carbocycles. The minimum absolute atomic E-state index is 0.0000916. The van der Waals surface area contributed by atoms with Gasteiger partial charge in [-0.05, 0) is 49.7 Å². The zero-order valence-corrected chi connectivity index (χ0v) is 12.3. The highest BCUT2D eigenvalue weighted by atomic mass is 16.3. The van der Waals surface area contributed by atoms with Gasteiger partial charge in [-0.2, -0.15) is 0 Å². The molecule has 114 valence electrons. The van der Waals surface area contributed by atoms with E-state index in [-0.39, 0.29) is 17.9 Å². The molecule has 0 N–H and O–H groups in total. The van der Waals surface area contributed by atoms with Gasteiger partial charge in [0.1, 0.15) is 17.8 Å². The summed E-state index contributed by atoms with van der Waals surface area (Å²) in [5.41, 5.74) is 0. The number of hydrogen-bond acceptors (Lipinski definition) is 4. The zero-order valence-electron chi connectivity index (χ0n) is 12.3. The first-order valence-corrected chi connectivity index (χ1v) is 7.84. The molecule has 2 saturated heterocycles.